The maximum atomic E-state index is 13.8. The number of anilines is 1. The summed E-state index contributed by atoms with van der Waals surface area (Å²) >= 11 is 0. The van der Waals surface area contributed by atoms with Gasteiger partial charge >= 0.3 is 0 Å². The van der Waals surface area contributed by atoms with E-state index in [4.69, 9.17) is 14.5 Å². The lowest BCUT2D eigenvalue weighted by Crippen LogP contribution is -2.40. The number of sulfonamides is 1. The molecule has 0 radical (unpaired) electrons. The predicted molar refractivity (Wildman–Crippen MR) is 145 cm³/mol. The van der Waals surface area contributed by atoms with Crippen molar-refractivity contribution < 1.29 is 22.7 Å². The number of nitrogens with zero attached hydrogens (tertiary/aromatic N) is 3. The summed E-state index contributed by atoms with van der Waals surface area (Å²) in [6, 6.07) is 19.9. The van der Waals surface area contributed by atoms with E-state index in [0.717, 1.165) is 33.1 Å². The second kappa shape index (κ2) is 9.39. The topological polar surface area (TPSA) is 102 Å². The average molecular weight is 531 g/mol. The van der Waals surface area contributed by atoms with Crippen LogP contribution in [0.2, 0.25) is 0 Å². The average Bonchev–Trinajstić information content (AvgIpc) is 3.28. The number of amides is 1. The molecule has 1 aliphatic rings. The standard InChI is InChI=1S/C28H26N4O5S/c1-18-29-23-9-5-3-7-20(23)27-26(21-8-4-6-10-24(21)32(18)27)30-28(33)22-17-19(11-12-25(22)36-2)38(34,35)31-13-15-37-16-14-31/h3-12,17H,13-16H2,1-2H3,(H,30,33). The van der Waals surface area contributed by atoms with Crippen LogP contribution in [0.5, 0.6) is 5.75 Å². The predicted octanol–water partition coefficient (Wildman–Crippen LogP) is 4.23. The third kappa shape index (κ3) is 3.89. The molecule has 6 rings (SSSR count). The Morgan fingerprint density at radius 1 is 1.00 bits per heavy atom. The van der Waals surface area contributed by atoms with E-state index in [1.807, 2.05) is 59.9 Å². The highest BCUT2D eigenvalue weighted by Gasteiger charge is 2.28. The molecular formula is C28H26N4O5S. The van der Waals surface area contributed by atoms with Crippen LogP contribution >= 0.6 is 0 Å². The molecule has 9 nitrogen and oxygen atoms in total. The molecule has 3 aromatic carbocycles. The van der Waals surface area contributed by atoms with Crippen molar-refractivity contribution in [2.24, 2.45) is 0 Å². The Morgan fingerprint density at radius 3 is 2.47 bits per heavy atom. The van der Waals surface area contributed by atoms with Gasteiger partial charge in [0.15, 0.2) is 0 Å². The third-order valence-electron chi connectivity index (χ3n) is 6.90. The minimum Gasteiger partial charge on any atom is -0.496 e. The maximum Gasteiger partial charge on any atom is 0.259 e. The van der Waals surface area contributed by atoms with E-state index in [1.54, 1.807) is 0 Å². The molecule has 0 unspecified atom stereocenters. The second-order valence-electron chi connectivity index (χ2n) is 9.09. The molecule has 0 aliphatic carbocycles. The van der Waals surface area contributed by atoms with Crippen molar-refractivity contribution in [3.05, 3.63) is 78.1 Å². The van der Waals surface area contributed by atoms with Gasteiger partial charge in [-0.25, -0.2) is 13.4 Å². The van der Waals surface area contributed by atoms with E-state index in [2.05, 4.69) is 5.32 Å². The lowest BCUT2D eigenvalue weighted by molar-refractivity contribution is 0.0730. The molecule has 0 atom stereocenters. The Morgan fingerprint density at radius 2 is 1.71 bits per heavy atom. The number of nitrogens with one attached hydrogen (secondary N) is 1. The number of aromatic nitrogens is 2. The SMILES string of the molecule is COc1ccc(S(=O)(=O)N2CCOCC2)cc1C(=O)Nc1c2ccccc2n2c(C)nc3ccccc3c12. The van der Waals surface area contributed by atoms with Crippen molar-refractivity contribution in [2.45, 2.75) is 11.8 Å². The van der Waals surface area contributed by atoms with Crippen LogP contribution in [-0.4, -0.2) is 61.4 Å². The molecular weight excluding hydrogens is 504 g/mol. The zero-order chi connectivity index (χ0) is 26.4. The van der Waals surface area contributed by atoms with Gasteiger partial charge < -0.3 is 14.8 Å². The zero-order valence-electron chi connectivity index (χ0n) is 21.0. The molecule has 3 heterocycles. The van der Waals surface area contributed by atoms with Crippen LogP contribution in [0.15, 0.2) is 71.6 Å². The third-order valence-corrected chi connectivity index (χ3v) is 8.80. The molecule has 2 aromatic heterocycles. The molecule has 5 aromatic rings. The summed E-state index contributed by atoms with van der Waals surface area (Å²) in [7, 11) is -2.35. The smallest absolute Gasteiger partial charge is 0.259 e. The molecule has 1 amide bonds. The zero-order valence-corrected chi connectivity index (χ0v) is 21.8. The van der Waals surface area contributed by atoms with Crippen LogP contribution in [0.4, 0.5) is 5.69 Å². The fourth-order valence-corrected chi connectivity index (χ4v) is 6.53. The first-order chi connectivity index (χ1) is 18.4. The molecule has 0 saturated carbocycles. The number of fused-ring (bicyclic) bond motifs is 5. The largest absolute Gasteiger partial charge is 0.496 e. The number of hydrogen-bond acceptors (Lipinski definition) is 6. The van der Waals surface area contributed by atoms with Crippen LogP contribution in [0.25, 0.3) is 27.3 Å². The van der Waals surface area contributed by atoms with Crippen molar-refractivity contribution in [1.82, 2.24) is 13.7 Å². The fraction of sp³-hybridized carbons (Fsp3) is 0.214. The number of benzene rings is 3. The summed E-state index contributed by atoms with van der Waals surface area (Å²) in [6.45, 7) is 3.12. The lowest BCUT2D eigenvalue weighted by atomic mass is 10.1. The van der Waals surface area contributed by atoms with Gasteiger partial charge in [-0.05, 0) is 37.3 Å². The summed E-state index contributed by atoms with van der Waals surface area (Å²) in [4.78, 5) is 18.6. The highest BCUT2D eigenvalue weighted by atomic mass is 32.2. The molecule has 1 saturated heterocycles. The number of rotatable bonds is 5. The van der Waals surface area contributed by atoms with Gasteiger partial charge in [-0.1, -0.05) is 36.4 Å². The van der Waals surface area contributed by atoms with E-state index in [-0.39, 0.29) is 29.3 Å². The number of carbonyl (C=O) groups is 1. The maximum absolute atomic E-state index is 13.8. The summed E-state index contributed by atoms with van der Waals surface area (Å²) in [5, 5.41) is 4.82. The molecule has 1 aliphatic heterocycles. The van der Waals surface area contributed by atoms with Crippen LogP contribution in [-0.2, 0) is 14.8 Å². The van der Waals surface area contributed by atoms with Crippen LogP contribution in [0.1, 0.15) is 16.2 Å². The minimum atomic E-state index is -3.80. The van der Waals surface area contributed by atoms with E-state index >= 15 is 0 Å². The fourth-order valence-electron chi connectivity index (χ4n) is 5.10. The van der Waals surface area contributed by atoms with Gasteiger partial charge in [0.2, 0.25) is 10.0 Å². The minimum absolute atomic E-state index is 0.0300. The van der Waals surface area contributed by atoms with Crippen molar-refractivity contribution in [2.75, 3.05) is 38.7 Å². The van der Waals surface area contributed by atoms with Crippen LogP contribution < -0.4 is 10.1 Å². The first-order valence-electron chi connectivity index (χ1n) is 12.3. The molecule has 38 heavy (non-hydrogen) atoms. The van der Waals surface area contributed by atoms with Crippen molar-refractivity contribution >= 4 is 48.9 Å². The Kier molecular flexibility index (Phi) is 6.02. The van der Waals surface area contributed by atoms with Gasteiger partial charge in [-0.15, -0.1) is 0 Å². The second-order valence-corrected chi connectivity index (χ2v) is 11.0. The van der Waals surface area contributed by atoms with Gasteiger partial charge in [0, 0.05) is 23.9 Å². The van der Waals surface area contributed by atoms with Gasteiger partial charge in [0.25, 0.3) is 5.91 Å². The van der Waals surface area contributed by atoms with Gasteiger partial charge in [0.1, 0.15) is 11.6 Å². The number of carbonyl (C=O) groups excluding carboxylic acids is 1. The first kappa shape index (κ1) is 24.4. The van der Waals surface area contributed by atoms with E-state index < -0.39 is 15.9 Å². The number of methoxy groups -OCH3 is 1. The Hall–Kier alpha value is -3.99. The van der Waals surface area contributed by atoms with Crippen LogP contribution in [0, 0.1) is 6.92 Å². The Labute approximate surface area is 219 Å². The summed E-state index contributed by atoms with van der Waals surface area (Å²) in [5.74, 6) is 0.586. The van der Waals surface area contributed by atoms with Crippen molar-refractivity contribution in [1.29, 1.82) is 0 Å². The summed E-state index contributed by atoms with van der Waals surface area (Å²) in [5.41, 5.74) is 3.28. The molecule has 194 valence electrons. The molecule has 0 bridgehead atoms. The molecule has 10 heteroatoms. The number of hydrogen-bond donors (Lipinski definition) is 1. The molecule has 0 spiro atoms. The van der Waals surface area contributed by atoms with E-state index in [9.17, 15) is 13.2 Å². The number of morpholine rings is 1. The molecule has 1 fully saturated rings. The monoisotopic (exact) mass is 530 g/mol. The van der Waals surface area contributed by atoms with Gasteiger partial charge in [0.05, 0.1) is 53.0 Å². The quantitative estimate of drug-likeness (QED) is 0.365. The normalized spacial score (nSPS) is 14.8. The lowest BCUT2D eigenvalue weighted by Gasteiger charge is -2.26. The summed E-state index contributed by atoms with van der Waals surface area (Å²) < 4.78 is 40.8. The Balaban J connectivity index is 1.50. The number of para-hydroxylation sites is 2. The van der Waals surface area contributed by atoms with Crippen molar-refractivity contribution in [3.63, 3.8) is 0 Å². The van der Waals surface area contributed by atoms with Gasteiger partial charge in [-0.3, -0.25) is 9.20 Å². The van der Waals surface area contributed by atoms with E-state index in [0.29, 0.717) is 18.9 Å². The first-order valence-corrected chi connectivity index (χ1v) is 13.7. The van der Waals surface area contributed by atoms with Gasteiger partial charge in [-0.2, -0.15) is 4.31 Å². The highest BCUT2D eigenvalue weighted by molar-refractivity contribution is 7.89. The van der Waals surface area contributed by atoms with Crippen molar-refractivity contribution in [3.8, 4) is 5.75 Å². The van der Waals surface area contributed by atoms with Crippen LogP contribution in [0.3, 0.4) is 0 Å². The summed E-state index contributed by atoms with van der Waals surface area (Å²) in [6.07, 6.45) is 0. The Bertz CT molecular complexity index is 1820. The van der Waals surface area contributed by atoms with E-state index in [1.165, 1.54) is 29.6 Å². The number of ether oxygens (including phenoxy) is 2. The molecule has 1 N–H and O–H groups in total. The number of aryl methyl sites for hydroxylation is 1. The highest BCUT2D eigenvalue weighted by Crippen LogP contribution is 2.37.